The van der Waals surface area contributed by atoms with Gasteiger partial charge in [0.15, 0.2) is 0 Å². The lowest BCUT2D eigenvalue weighted by molar-refractivity contribution is -0.135. The minimum Gasteiger partial charge on any atom is -0.340 e. The Morgan fingerprint density at radius 3 is 2.10 bits per heavy atom. The minimum atomic E-state index is -3.62. The highest BCUT2D eigenvalue weighted by Crippen LogP contribution is 2.18. The fourth-order valence-corrected chi connectivity index (χ4v) is 3.69. The zero-order chi connectivity index (χ0) is 15.6. The maximum Gasteiger partial charge on any atom is 0.243 e. The van der Waals surface area contributed by atoms with Gasteiger partial charge in [0, 0.05) is 32.1 Å². The summed E-state index contributed by atoms with van der Waals surface area (Å²) in [4.78, 5) is 13.6. The molecule has 0 aliphatic carbocycles. The van der Waals surface area contributed by atoms with Crippen molar-refractivity contribution in [1.82, 2.24) is 9.21 Å². The van der Waals surface area contributed by atoms with Crippen LogP contribution in [0.4, 0.5) is 4.39 Å². The molecule has 0 radical (unpaired) electrons. The molecule has 116 valence electrons. The van der Waals surface area contributed by atoms with E-state index in [1.54, 1.807) is 4.90 Å². The maximum absolute atomic E-state index is 12.9. The normalized spacial score (nSPS) is 17.2. The molecular weight excluding hydrogens is 295 g/mol. The van der Waals surface area contributed by atoms with Crippen LogP contribution in [-0.4, -0.2) is 49.7 Å². The molecule has 0 aromatic heterocycles. The van der Waals surface area contributed by atoms with Gasteiger partial charge in [0.05, 0.1) is 4.90 Å². The number of nitrogens with zero attached hydrogens (tertiary/aromatic N) is 2. The van der Waals surface area contributed by atoms with Crippen LogP contribution in [0.15, 0.2) is 29.2 Å². The maximum atomic E-state index is 12.9. The van der Waals surface area contributed by atoms with E-state index in [9.17, 15) is 17.6 Å². The molecule has 1 aliphatic rings. The molecule has 1 aromatic rings. The first-order valence-corrected chi connectivity index (χ1v) is 8.31. The lowest BCUT2D eigenvalue weighted by Crippen LogP contribution is -2.51. The zero-order valence-electron chi connectivity index (χ0n) is 12.1. The van der Waals surface area contributed by atoms with Crippen molar-refractivity contribution >= 4 is 15.9 Å². The van der Waals surface area contributed by atoms with Gasteiger partial charge in [-0.1, -0.05) is 13.8 Å². The van der Waals surface area contributed by atoms with Gasteiger partial charge < -0.3 is 4.90 Å². The molecule has 0 unspecified atom stereocenters. The summed E-state index contributed by atoms with van der Waals surface area (Å²) < 4.78 is 39.0. The molecular formula is C14H19FN2O3S. The standard InChI is InChI=1S/C14H19FN2O3S/c1-11(2)14(18)16-7-9-17(10-8-16)21(19,20)13-5-3-12(15)4-6-13/h3-6,11H,7-10H2,1-2H3. The average Bonchev–Trinajstić information content (AvgIpc) is 2.47. The van der Waals surface area contributed by atoms with Crippen molar-refractivity contribution in [2.45, 2.75) is 18.7 Å². The summed E-state index contributed by atoms with van der Waals surface area (Å²) >= 11 is 0. The molecule has 0 bridgehead atoms. The van der Waals surface area contributed by atoms with E-state index < -0.39 is 15.8 Å². The van der Waals surface area contributed by atoms with E-state index in [1.165, 1.54) is 16.4 Å². The molecule has 5 nitrogen and oxygen atoms in total. The molecule has 2 rings (SSSR count). The summed E-state index contributed by atoms with van der Waals surface area (Å²) in [5.74, 6) is -0.527. The summed E-state index contributed by atoms with van der Waals surface area (Å²) in [5.41, 5.74) is 0. The van der Waals surface area contributed by atoms with Gasteiger partial charge in [-0.05, 0) is 24.3 Å². The monoisotopic (exact) mass is 314 g/mol. The van der Waals surface area contributed by atoms with E-state index in [-0.39, 0.29) is 29.8 Å². The Morgan fingerprint density at radius 2 is 1.62 bits per heavy atom. The lowest BCUT2D eigenvalue weighted by atomic mass is 10.2. The van der Waals surface area contributed by atoms with Crippen LogP contribution in [0.25, 0.3) is 0 Å². The third-order valence-electron chi connectivity index (χ3n) is 3.50. The Balaban J connectivity index is 2.07. The predicted octanol–water partition coefficient (Wildman–Crippen LogP) is 1.31. The van der Waals surface area contributed by atoms with Gasteiger partial charge in [0.25, 0.3) is 0 Å². The van der Waals surface area contributed by atoms with Crippen LogP contribution >= 0.6 is 0 Å². The van der Waals surface area contributed by atoms with Gasteiger partial charge in [0.2, 0.25) is 15.9 Å². The lowest BCUT2D eigenvalue weighted by Gasteiger charge is -2.34. The average molecular weight is 314 g/mol. The van der Waals surface area contributed by atoms with Crippen LogP contribution < -0.4 is 0 Å². The van der Waals surface area contributed by atoms with Crippen molar-refractivity contribution in [3.05, 3.63) is 30.1 Å². The van der Waals surface area contributed by atoms with Crippen LogP contribution in [0, 0.1) is 11.7 Å². The van der Waals surface area contributed by atoms with Crippen LogP contribution in [0.2, 0.25) is 0 Å². The molecule has 0 spiro atoms. The largest absolute Gasteiger partial charge is 0.340 e. The van der Waals surface area contributed by atoms with E-state index >= 15 is 0 Å². The highest BCUT2D eigenvalue weighted by Gasteiger charge is 2.30. The molecule has 21 heavy (non-hydrogen) atoms. The van der Waals surface area contributed by atoms with Crippen LogP contribution in [0.3, 0.4) is 0 Å². The molecule has 1 heterocycles. The van der Waals surface area contributed by atoms with Crippen LogP contribution in [-0.2, 0) is 14.8 Å². The molecule has 1 aliphatic heterocycles. The van der Waals surface area contributed by atoms with Crippen LogP contribution in [0.5, 0.6) is 0 Å². The Labute approximate surface area is 124 Å². The van der Waals surface area contributed by atoms with E-state index in [2.05, 4.69) is 0 Å². The van der Waals surface area contributed by atoms with Gasteiger partial charge in [0.1, 0.15) is 5.82 Å². The molecule has 0 atom stereocenters. The van der Waals surface area contributed by atoms with E-state index in [1.807, 2.05) is 13.8 Å². The fourth-order valence-electron chi connectivity index (χ4n) is 2.27. The number of hydrogen-bond donors (Lipinski definition) is 0. The number of rotatable bonds is 3. The van der Waals surface area contributed by atoms with E-state index in [4.69, 9.17) is 0 Å². The molecule has 1 aromatic carbocycles. The molecule has 1 saturated heterocycles. The molecule has 0 N–H and O–H groups in total. The Bertz CT molecular complexity index is 606. The summed E-state index contributed by atoms with van der Waals surface area (Å²) in [5, 5.41) is 0. The topological polar surface area (TPSA) is 57.7 Å². The number of halogens is 1. The van der Waals surface area contributed by atoms with Crippen molar-refractivity contribution in [1.29, 1.82) is 0 Å². The Morgan fingerprint density at radius 1 is 1.10 bits per heavy atom. The SMILES string of the molecule is CC(C)C(=O)N1CCN(S(=O)(=O)c2ccc(F)cc2)CC1. The third-order valence-corrected chi connectivity index (χ3v) is 5.41. The molecule has 7 heteroatoms. The summed E-state index contributed by atoms with van der Waals surface area (Å²) in [7, 11) is -3.62. The molecule has 0 saturated carbocycles. The molecule has 1 fully saturated rings. The number of carbonyl (C=O) groups excluding carboxylic acids is 1. The van der Waals surface area contributed by atoms with Crippen molar-refractivity contribution in [2.24, 2.45) is 5.92 Å². The number of sulfonamides is 1. The van der Waals surface area contributed by atoms with Crippen molar-refractivity contribution in [3.63, 3.8) is 0 Å². The van der Waals surface area contributed by atoms with Gasteiger partial charge in [-0.2, -0.15) is 4.31 Å². The van der Waals surface area contributed by atoms with E-state index in [0.717, 1.165) is 12.1 Å². The summed E-state index contributed by atoms with van der Waals surface area (Å²) in [6.45, 7) is 4.94. The highest BCUT2D eigenvalue weighted by atomic mass is 32.2. The second-order valence-corrected chi connectivity index (χ2v) is 7.28. The summed E-state index contributed by atoms with van der Waals surface area (Å²) in [6, 6.07) is 4.78. The first-order chi connectivity index (χ1) is 9.82. The fraction of sp³-hybridized carbons (Fsp3) is 0.500. The van der Waals surface area contributed by atoms with Gasteiger partial charge >= 0.3 is 0 Å². The first-order valence-electron chi connectivity index (χ1n) is 6.87. The Hall–Kier alpha value is -1.47. The van der Waals surface area contributed by atoms with Gasteiger partial charge in [-0.15, -0.1) is 0 Å². The smallest absolute Gasteiger partial charge is 0.243 e. The number of carbonyl (C=O) groups is 1. The third kappa shape index (κ3) is 3.41. The van der Waals surface area contributed by atoms with Gasteiger partial charge in [-0.3, -0.25) is 4.79 Å². The van der Waals surface area contributed by atoms with Crippen molar-refractivity contribution in [2.75, 3.05) is 26.2 Å². The zero-order valence-corrected chi connectivity index (χ0v) is 12.9. The first kappa shape index (κ1) is 15.9. The second kappa shape index (κ2) is 6.11. The summed E-state index contributed by atoms with van der Waals surface area (Å²) in [6.07, 6.45) is 0. The van der Waals surface area contributed by atoms with Gasteiger partial charge in [-0.25, -0.2) is 12.8 Å². The Kier molecular flexibility index (Phi) is 4.63. The molecule has 1 amide bonds. The second-order valence-electron chi connectivity index (χ2n) is 5.34. The van der Waals surface area contributed by atoms with Crippen LogP contribution in [0.1, 0.15) is 13.8 Å². The predicted molar refractivity (Wildman–Crippen MR) is 76.6 cm³/mol. The van der Waals surface area contributed by atoms with E-state index in [0.29, 0.717) is 13.1 Å². The van der Waals surface area contributed by atoms with Crippen molar-refractivity contribution < 1.29 is 17.6 Å². The number of hydrogen-bond acceptors (Lipinski definition) is 3. The number of benzene rings is 1. The number of piperazine rings is 1. The quantitative estimate of drug-likeness (QED) is 0.845. The van der Waals surface area contributed by atoms with Crippen molar-refractivity contribution in [3.8, 4) is 0 Å². The number of amides is 1. The highest BCUT2D eigenvalue weighted by molar-refractivity contribution is 7.89. The minimum absolute atomic E-state index is 0.0360.